The van der Waals surface area contributed by atoms with Crippen molar-refractivity contribution in [2.45, 2.75) is 95.1 Å². The molecule has 2 atom stereocenters. The van der Waals surface area contributed by atoms with Crippen LogP contribution >= 0.6 is 0 Å². The minimum atomic E-state index is -0.129. The molecule has 0 N–H and O–H groups in total. The summed E-state index contributed by atoms with van der Waals surface area (Å²) in [4.78, 5) is 15.3. The monoisotopic (exact) mass is 483 g/mol. The van der Waals surface area contributed by atoms with Gasteiger partial charge in [0.1, 0.15) is 6.61 Å². The molecule has 36 heavy (non-hydrogen) atoms. The molecule has 0 saturated carbocycles. The van der Waals surface area contributed by atoms with Gasteiger partial charge in [0.15, 0.2) is 0 Å². The van der Waals surface area contributed by atoms with E-state index in [1.165, 1.54) is 73.6 Å². The summed E-state index contributed by atoms with van der Waals surface area (Å²) in [6, 6.07) is 17.6. The van der Waals surface area contributed by atoms with Crippen LogP contribution in [0, 0.1) is 0 Å². The van der Waals surface area contributed by atoms with Gasteiger partial charge in [-0.25, -0.2) is 4.79 Å². The van der Waals surface area contributed by atoms with E-state index in [2.05, 4.69) is 61.2 Å². The van der Waals surface area contributed by atoms with Crippen LogP contribution in [0.15, 0.2) is 72.8 Å². The van der Waals surface area contributed by atoms with Crippen molar-refractivity contribution in [2.24, 2.45) is 0 Å². The summed E-state index contributed by atoms with van der Waals surface area (Å²) < 4.78 is 6.01. The van der Waals surface area contributed by atoms with Crippen molar-refractivity contribution in [3.63, 3.8) is 0 Å². The third kappa shape index (κ3) is 5.45. The average molecular weight is 484 g/mol. The standard InChI is InChI=1S/C33H41NO2/c1-2-3-4-5-6-7-8-9-10-15-25-22-26-20-21-27(23-25)34(26)33(35)36-24-32-30-18-13-11-16-28(30)29-17-12-14-19-31(29)32/h2,11-14,16-19,22,26-27,32H,1,3-10,15,20-21,23-24H2. The Morgan fingerprint density at radius 2 is 1.53 bits per heavy atom. The molecule has 0 radical (unpaired) electrons. The molecule has 190 valence electrons. The molecule has 2 bridgehead atoms. The maximum atomic E-state index is 13.2. The summed E-state index contributed by atoms with van der Waals surface area (Å²) in [7, 11) is 0. The molecule has 5 rings (SSSR count). The number of ether oxygens (including phenoxy) is 1. The van der Waals surface area contributed by atoms with Gasteiger partial charge in [-0.3, -0.25) is 4.90 Å². The Kier molecular flexibility index (Phi) is 8.25. The number of unbranched alkanes of at least 4 members (excludes halogenated alkanes) is 7. The molecule has 1 aliphatic carbocycles. The van der Waals surface area contributed by atoms with E-state index >= 15 is 0 Å². The maximum absolute atomic E-state index is 13.2. The van der Waals surface area contributed by atoms with Crippen molar-refractivity contribution in [1.82, 2.24) is 4.90 Å². The van der Waals surface area contributed by atoms with Crippen LogP contribution in [0.4, 0.5) is 4.79 Å². The molecule has 2 unspecified atom stereocenters. The summed E-state index contributed by atoms with van der Waals surface area (Å²) in [6.45, 7) is 4.21. The van der Waals surface area contributed by atoms with Crippen LogP contribution in [0.2, 0.25) is 0 Å². The molecule has 3 nitrogen and oxygen atoms in total. The predicted molar refractivity (Wildman–Crippen MR) is 148 cm³/mol. The lowest BCUT2D eigenvalue weighted by Crippen LogP contribution is -2.43. The van der Waals surface area contributed by atoms with Crippen molar-refractivity contribution in [2.75, 3.05) is 6.61 Å². The second-order valence-corrected chi connectivity index (χ2v) is 10.8. The molecule has 2 heterocycles. The molecule has 2 aliphatic heterocycles. The van der Waals surface area contributed by atoms with Crippen LogP contribution in [0.5, 0.6) is 0 Å². The molecule has 1 fully saturated rings. The van der Waals surface area contributed by atoms with Crippen LogP contribution in [0.1, 0.15) is 94.1 Å². The van der Waals surface area contributed by atoms with E-state index in [0.29, 0.717) is 12.6 Å². The SMILES string of the molecule is C=CCCCCCCCCCC1=CC2CCC(C1)N2C(=O)OCC1c2ccccc2-c2ccccc21. The molecule has 1 saturated heterocycles. The van der Waals surface area contributed by atoms with E-state index in [1.54, 1.807) is 5.57 Å². The Labute approximate surface area is 217 Å². The lowest BCUT2D eigenvalue weighted by molar-refractivity contribution is 0.0848. The maximum Gasteiger partial charge on any atom is 0.410 e. The Balaban J connectivity index is 1.10. The molecular weight excluding hydrogens is 442 g/mol. The zero-order valence-corrected chi connectivity index (χ0v) is 21.7. The second-order valence-electron chi connectivity index (χ2n) is 10.8. The predicted octanol–water partition coefficient (Wildman–Crippen LogP) is 8.80. The van der Waals surface area contributed by atoms with E-state index in [0.717, 1.165) is 25.7 Å². The molecule has 2 aromatic rings. The van der Waals surface area contributed by atoms with E-state index in [1.807, 2.05) is 11.0 Å². The van der Waals surface area contributed by atoms with E-state index < -0.39 is 0 Å². The first-order chi connectivity index (χ1) is 17.8. The highest BCUT2D eigenvalue weighted by atomic mass is 16.6. The Morgan fingerprint density at radius 1 is 0.889 bits per heavy atom. The van der Waals surface area contributed by atoms with Gasteiger partial charge >= 0.3 is 6.09 Å². The van der Waals surface area contributed by atoms with E-state index in [4.69, 9.17) is 4.74 Å². The van der Waals surface area contributed by atoms with Gasteiger partial charge in [-0.1, -0.05) is 98.4 Å². The fraction of sp³-hybridized carbons (Fsp3) is 0.485. The molecule has 0 spiro atoms. The largest absolute Gasteiger partial charge is 0.448 e. The van der Waals surface area contributed by atoms with Crippen LogP contribution in [0.25, 0.3) is 11.1 Å². The van der Waals surface area contributed by atoms with Crippen molar-refractivity contribution in [3.05, 3.63) is 84.0 Å². The number of carbonyl (C=O) groups is 1. The summed E-state index contributed by atoms with van der Waals surface area (Å²) in [5.41, 5.74) is 6.65. The van der Waals surface area contributed by atoms with Crippen molar-refractivity contribution in [3.8, 4) is 11.1 Å². The normalized spacial score (nSPS) is 20.1. The molecule has 3 aliphatic rings. The number of rotatable bonds is 12. The van der Waals surface area contributed by atoms with Crippen LogP contribution in [-0.2, 0) is 4.74 Å². The summed E-state index contributed by atoms with van der Waals surface area (Å²) in [5.74, 6) is 0.122. The lowest BCUT2D eigenvalue weighted by Gasteiger charge is -2.33. The molecule has 1 amide bonds. The van der Waals surface area contributed by atoms with Gasteiger partial charge in [0, 0.05) is 12.0 Å². The fourth-order valence-corrected chi connectivity index (χ4v) is 6.58. The van der Waals surface area contributed by atoms with Crippen molar-refractivity contribution in [1.29, 1.82) is 0 Å². The average Bonchev–Trinajstić information content (AvgIpc) is 3.37. The third-order valence-electron chi connectivity index (χ3n) is 8.43. The smallest absolute Gasteiger partial charge is 0.410 e. The number of carbonyl (C=O) groups excluding carboxylic acids is 1. The van der Waals surface area contributed by atoms with Gasteiger partial charge in [0.2, 0.25) is 0 Å². The summed E-state index contributed by atoms with van der Waals surface area (Å²) in [6.07, 6.45) is 19.1. The zero-order chi connectivity index (χ0) is 24.7. The molecular formula is C33H41NO2. The highest BCUT2D eigenvalue weighted by Crippen LogP contribution is 2.45. The van der Waals surface area contributed by atoms with Gasteiger partial charge in [0.25, 0.3) is 0 Å². The third-order valence-corrected chi connectivity index (χ3v) is 8.43. The lowest BCUT2D eigenvalue weighted by atomic mass is 9.96. The first-order valence-corrected chi connectivity index (χ1v) is 14.2. The number of amides is 1. The number of benzene rings is 2. The van der Waals surface area contributed by atoms with Gasteiger partial charge in [-0.05, 0) is 67.2 Å². The van der Waals surface area contributed by atoms with Crippen molar-refractivity contribution < 1.29 is 9.53 Å². The van der Waals surface area contributed by atoms with Gasteiger partial charge < -0.3 is 4.74 Å². The summed E-state index contributed by atoms with van der Waals surface area (Å²) >= 11 is 0. The molecule has 2 aromatic carbocycles. The molecule has 0 aromatic heterocycles. The second kappa shape index (κ2) is 12.0. The number of allylic oxidation sites excluding steroid dienone is 1. The topological polar surface area (TPSA) is 29.5 Å². The van der Waals surface area contributed by atoms with E-state index in [9.17, 15) is 4.79 Å². The highest BCUT2D eigenvalue weighted by molar-refractivity contribution is 5.79. The number of hydrogen-bond acceptors (Lipinski definition) is 2. The number of fused-ring (bicyclic) bond motifs is 5. The molecule has 3 heteroatoms. The number of hydrogen-bond donors (Lipinski definition) is 0. The number of nitrogens with zero attached hydrogens (tertiary/aromatic N) is 1. The van der Waals surface area contributed by atoms with Crippen LogP contribution in [-0.4, -0.2) is 29.7 Å². The van der Waals surface area contributed by atoms with Crippen molar-refractivity contribution >= 4 is 6.09 Å². The van der Waals surface area contributed by atoms with Gasteiger partial charge in [-0.15, -0.1) is 6.58 Å². The highest BCUT2D eigenvalue weighted by Gasteiger charge is 2.40. The van der Waals surface area contributed by atoms with Crippen LogP contribution in [0.3, 0.4) is 0 Å². The van der Waals surface area contributed by atoms with Gasteiger partial charge in [0.05, 0.1) is 6.04 Å². The summed E-state index contributed by atoms with van der Waals surface area (Å²) in [5, 5.41) is 0. The zero-order valence-electron chi connectivity index (χ0n) is 21.7. The minimum Gasteiger partial charge on any atom is -0.448 e. The van der Waals surface area contributed by atoms with Crippen LogP contribution < -0.4 is 0 Å². The van der Waals surface area contributed by atoms with Gasteiger partial charge in [-0.2, -0.15) is 0 Å². The van der Waals surface area contributed by atoms with E-state index in [-0.39, 0.29) is 18.1 Å². The first-order valence-electron chi connectivity index (χ1n) is 14.2. The fourth-order valence-electron chi connectivity index (χ4n) is 6.58. The first kappa shape index (κ1) is 24.9. The quantitative estimate of drug-likeness (QED) is 0.223. The Hall–Kier alpha value is -2.81. The Morgan fingerprint density at radius 3 is 2.19 bits per heavy atom. The Bertz CT molecular complexity index is 1040. The minimum absolute atomic E-state index is 0.122.